The summed E-state index contributed by atoms with van der Waals surface area (Å²) < 4.78 is 0. The number of nitrogens with one attached hydrogen (secondary N) is 1. The van der Waals surface area contributed by atoms with Crippen molar-refractivity contribution in [3.63, 3.8) is 0 Å². The molecular formula is C15H24N2O3. The van der Waals surface area contributed by atoms with Crippen LogP contribution in [0.15, 0.2) is 0 Å². The van der Waals surface area contributed by atoms with Gasteiger partial charge in [-0.2, -0.15) is 0 Å². The first kappa shape index (κ1) is 13.7. The van der Waals surface area contributed by atoms with Gasteiger partial charge in [-0.3, -0.25) is 9.69 Å². The van der Waals surface area contributed by atoms with Gasteiger partial charge in [-0.1, -0.05) is 20.8 Å². The Labute approximate surface area is 119 Å². The first-order valence-corrected chi connectivity index (χ1v) is 7.53. The summed E-state index contributed by atoms with van der Waals surface area (Å²) in [5.41, 5.74) is -0.889. The summed E-state index contributed by atoms with van der Waals surface area (Å²) in [6.45, 7) is 7.06. The molecule has 3 heterocycles. The molecule has 0 aliphatic carbocycles. The highest BCUT2D eigenvalue weighted by Crippen LogP contribution is 2.60. The van der Waals surface area contributed by atoms with E-state index in [4.69, 9.17) is 0 Å². The molecular weight excluding hydrogens is 256 g/mol. The van der Waals surface area contributed by atoms with Crippen molar-refractivity contribution in [2.75, 3.05) is 6.54 Å². The maximum absolute atomic E-state index is 12.3. The van der Waals surface area contributed by atoms with Crippen LogP contribution in [0.1, 0.15) is 52.9 Å². The number of amides is 2. The third kappa shape index (κ3) is 1.55. The molecule has 3 aliphatic rings. The predicted molar refractivity (Wildman–Crippen MR) is 74.4 cm³/mol. The van der Waals surface area contributed by atoms with E-state index in [1.54, 1.807) is 4.90 Å². The number of carbonyl (C=O) groups excluding carboxylic acids is 1. The van der Waals surface area contributed by atoms with E-state index in [2.05, 4.69) is 26.1 Å². The Morgan fingerprint density at radius 1 is 1.40 bits per heavy atom. The van der Waals surface area contributed by atoms with Gasteiger partial charge in [0.05, 0.1) is 11.0 Å². The smallest absolute Gasteiger partial charge is 0.408 e. The van der Waals surface area contributed by atoms with Crippen LogP contribution >= 0.6 is 0 Å². The van der Waals surface area contributed by atoms with E-state index in [9.17, 15) is 14.7 Å². The SMILES string of the molecule is CC(C)(C)[C@@]12CC[C@@H](C[C@@]3(CCNC3=O)C1)N2C(=O)O. The number of carbonyl (C=O) groups is 2. The van der Waals surface area contributed by atoms with Crippen LogP contribution < -0.4 is 5.32 Å². The second kappa shape index (κ2) is 3.89. The molecule has 0 aromatic rings. The van der Waals surface area contributed by atoms with Crippen LogP contribution in [-0.2, 0) is 4.79 Å². The van der Waals surface area contributed by atoms with E-state index in [0.29, 0.717) is 12.8 Å². The van der Waals surface area contributed by atoms with Crippen LogP contribution in [0.3, 0.4) is 0 Å². The maximum Gasteiger partial charge on any atom is 0.408 e. The molecule has 0 aromatic heterocycles. The summed E-state index contributed by atoms with van der Waals surface area (Å²) in [7, 11) is 0. The summed E-state index contributed by atoms with van der Waals surface area (Å²) in [5, 5.41) is 12.6. The van der Waals surface area contributed by atoms with Crippen molar-refractivity contribution in [3.05, 3.63) is 0 Å². The Kier molecular flexibility index (Phi) is 2.67. The van der Waals surface area contributed by atoms with Crippen molar-refractivity contribution < 1.29 is 14.7 Å². The Morgan fingerprint density at radius 2 is 2.10 bits per heavy atom. The highest BCUT2D eigenvalue weighted by Gasteiger charge is 2.65. The molecule has 0 radical (unpaired) electrons. The average Bonchev–Trinajstić information content (AvgIpc) is 2.77. The number of hydrogen-bond donors (Lipinski definition) is 2. The van der Waals surface area contributed by atoms with Gasteiger partial charge in [0.25, 0.3) is 0 Å². The van der Waals surface area contributed by atoms with E-state index in [-0.39, 0.29) is 22.8 Å². The minimum absolute atomic E-state index is 0.00400. The van der Waals surface area contributed by atoms with Crippen LogP contribution in [0.4, 0.5) is 4.79 Å². The van der Waals surface area contributed by atoms with Gasteiger partial charge in [0, 0.05) is 12.6 Å². The lowest BCUT2D eigenvalue weighted by Gasteiger charge is -2.55. The van der Waals surface area contributed by atoms with E-state index >= 15 is 0 Å². The minimum atomic E-state index is -0.823. The number of carboxylic acid groups (broad SMARTS) is 1. The highest BCUT2D eigenvalue weighted by atomic mass is 16.4. The van der Waals surface area contributed by atoms with Gasteiger partial charge in [0.15, 0.2) is 0 Å². The zero-order valence-corrected chi connectivity index (χ0v) is 12.5. The standard InChI is InChI=1S/C15H24N2O3/c1-13(2,3)15-5-4-10(17(15)12(19)20)8-14(9-15)6-7-16-11(14)18/h10H,4-9H2,1-3H3,(H,16,18)(H,19,20)/t10-,14-,15+/m0/s1. The van der Waals surface area contributed by atoms with Crippen LogP contribution in [0.5, 0.6) is 0 Å². The fraction of sp³-hybridized carbons (Fsp3) is 0.867. The fourth-order valence-electron chi connectivity index (χ4n) is 4.87. The van der Waals surface area contributed by atoms with Crippen LogP contribution in [-0.4, -0.2) is 40.1 Å². The lowest BCUT2D eigenvalue weighted by Crippen LogP contribution is -2.64. The van der Waals surface area contributed by atoms with Crippen LogP contribution in [0.25, 0.3) is 0 Å². The molecule has 2 N–H and O–H groups in total. The third-order valence-electron chi connectivity index (χ3n) is 5.95. The number of nitrogens with zero attached hydrogens (tertiary/aromatic N) is 1. The zero-order valence-electron chi connectivity index (χ0n) is 12.5. The quantitative estimate of drug-likeness (QED) is 0.715. The minimum Gasteiger partial charge on any atom is -0.465 e. The number of hydrogen-bond acceptors (Lipinski definition) is 2. The fourth-order valence-corrected chi connectivity index (χ4v) is 4.87. The first-order valence-electron chi connectivity index (χ1n) is 7.53. The van der Waals surface area contributed by atoms with Crippen molar-refractivity contribution in [1.82, 2.24) is 10.2 Å². The molecule has 3 aliphatic heterocycles. The summed E-state index contributed by atoms with van der Waals surface area (Å²) in [6, 6.07) is 0.00400. The maximum atomic E-state index is 12.3. The molecule has 5 heteroatoms. The van der Waals surface area contributed by atoms with E-state index in [1.165, 1.54) is 0 Å². The molecule has 0 saturated carbocycles. The zero-order chi connectivity index (χ0) is 14.8. The van der Waals surface area contributed by atoms with Gasteiger partial charge in [-0.05, 0) is 37.5 Å². The van der Waals surface area contributed by atoms with Crippen molar-refractivity contribution >= 4 is 12.0 Å². The summed E-state index contributed by atoms with van der Waals surface area (Å²) >= 11 is 0. The number of piperidine rings is 1. The normalized spacial score (nSPS) is 40.2. The van der Waals surface area contributed by atoms with E-state index in [0.717, 1.165) is 25.8 Å². The Hall–Kier alpha value is -1.26. The van der Waals surface area contributed by atoms with E-state index in [1.807, 2.05) is 0 Å². The van der Waals surface area contributed by atoms with Gasteiger partial charge in [-0.15, -0.1) is 0 Å². The molecule has 0 unspecified atom stereocenters. The molecule has 3 saturated heterocycles. The van der Waals surface area contributed by atoms with Gasteiger partial charge in [0.2, 0.25) is 5.91 Å². The molecule has 20 heavy (non-hydrogen) atoms. The second-order valence-corrected chi connectivity index (χ2v) is 7.79. The Morgan fingerprint density at radius 3 is 2.60 bits per heavy atom. The van der Waals surface area contributed by atoms with Crippen molar-refractivity contribution in [3.8, 4) is 0 Å². The van der Waals surface area contributed by atoms with Crippen LogP contribution in [0.2, 0.25) is 0 Å². The topological polar surface area (TPSA) is 69.6 Å². The Bertz CT molecular complexity index is 470. The van der Waals surface area contributed by atoms with Crippen molar-refractivity contribution in [2.24, 2.45) is 10.8 Å². The first-order chi connectivity index (χ1) is 9.22. The molecule has 0 aromatic carbocycles. The lowest BCUT2D eigenvalue weighted by atomic mass is 9.60. The van der Waals surface area contributed by atoms with Gasteiger partial charge in [-0.25, -0.2) is 4.79 Å². The summed E-state index contributed by atoms with van der Waals surface area (Å²) in [4.78, 5) is 25.8. The van der Waals surface area contributed by atoms with Crippen molar-refractivity contribution in [1.29, 1.82) is 0 Å². The lowest BCUT2D eigenvalue weighted by molar-refractivity contribution is -0.137. The average molecular weight is 280 g/mol. The summed E-state index contributed by atoms with van der Waals surface area (Å²) in [5.74, 6) is 0.142. The number of fused-ring (bicyclic) bond motifs is 2. The van der Waals surface area contributed by atoms with Gasteiger partial charge in [0.1, 0.15) is 0 Å². The highest BCUT2D eigenvalue weighted by molar-refractivity contribution is 5.85. The summed E-state index contributed by atoms with van der Waals surface area (Å²) in [6.07, 6.45) is 3.17. The number of rotatable bonds is 0. The van der Waals surface area contributed by atoms with Gasteiger partial charge < -0.3 is 10.4 Å². The predicted octanol–water partition coefficient (Wildman–Crippen LogP) is 2.21. The molecule has 2 bridgehead atoms. The molecule has 112 valence electrons. The van der Waals surface area contributed by atoms with Crippen LogP contribution in [0, 0.1) is 10.8 Å². The third-order valence-corrected chi connectivity index (χ3v) is 5.95. The van der Waals surface area contributed by atoms with Crippen molar-refractivity contribution in [2.45, 2.75) is 64.5 Å². The molecule has 5 nitrogen and oxygen atoms in total. The molecule has 3 rings (SSSR count). The largest absolute Gasteiger partial charge is 0.465 e. The molecule has 3 atom stereocenters. The molecule has 2 amide bonds. The monoisotopic (exact) mass is 280 g/mol. The van der Waals surface area contributed by atoms with Gasteiger partial charge >= 0.3 is 6.09 Å². The molecule has 3 fully saturated rings. The van der Waals surface area contributed by atoms with E-state index < -0.39 is 11.6 Å². The molecule has 1 spiro atoms. The Balaban J connectivity index is 2.07. The second-order valence-electron chi connectivity index (χ2n) is 7.79.